The number of carbonyl (C=O) groups excluding carboxylic acids is 1. The molecule has 2 fully saturated rings. The number of fused-ring (bicyclic) bond motifs is 1. The Morgan fingerprint density at radius 1 is 1.00 bits per heavy atom. The Hall–Kier alpha value is -3.34. The summed E-state index contributed by atoms with van der Waals surface area (Å²) in [5.74, 6) is 1.30. The number of amides is 1. The predicted molar refractivity (Wildman–Crippen MR) is 151 cm³/mol. The van der Waals surface area contributed by atoms with Crippen LogP contribution in [0, 0.1) is 0 Å². The number of primary sulfonamides is 1. The van der Waals surface area contributed by atoms with Gasteiger partial charge >= 0.3 is 0 Å². The van der Waals surface area contributed by atoms with E-state index in [1.807, 2.05) is 36.4 Å². The van der Waals surface area contributed by atoms with E-state index in [0.29, 0.717) is 21.5 Å². The zero-order chi connectivity index (χ0) is 26.9. The summed E-state index contributed by atoms with van der Waals surface area (Å²) in [6.07, 6.45) is 6.96. The van der Waals surface area contributed by atoms with E-state index < -0.39 is 10.0 Å². The van der Waals surface area contributed by atoms with E-state index in [1.165, 1.54) is 23.9 Å². The summed E-state index contributed by atoms with van der Waals surface area (Å²) in [4.78, 5) is 20.9. The number of sulfonamides is 1. The first kappa shape index (κ1) is 26.3. The van der Waals surface area contributed by atoms with Crippen molar-refractivity contribution in [3.8, 4) is 11.5 Å². The van der Waals surface area contributed by atoms with Crippen molar-refractivity contribution in [3.05, 3.63) is 65.1 Å². The lowest BCUT2D eigenvalue weighted by Gasteiger charge is -2.30. The number of amidine groups is 1. The highest BCUT2D eigenvalue weighted by Crippen LogP contribution is 2.40. The van der Waals surface area contributed by atoms with Crippen LogP contribution in [0.2, 0.25) is 0 Å². The molecule has 5 rings (SSSR count). The van der Waals surface area contributed by atoms with E-state index in [2.05, 4.69) is 0 Å². The lowest BCUT2D eigenvalue weighted by molar-refractivity contribution is -0.124. The van der Waals surface area contributed by atoms with Gasteiger partial charge in [0, 0.05) is 17.0 Å². The Labute approximate surface area is 226 Å². The molecule has 198 valence electrons. The van der Waals surface area contributed by atoms with Gasteiger partial charge in [-0.15, -0.1) is 0 Å². The quantitative estimate of drug-likeness (QED) is 0.408. The molecule has 3 aromatic carbocycles. The molecule has 8 nitrogen and oxygen atoms in total. The van der Waals surface area contributed by atoms with Crippen molar-refractivity contribution >= 4 is 55.4 Å². The molecule has 0 atom stereocenters. The molecular weight excluding hydrogens is 522 g/mol. The molecule has 0 unspecified atom stereocenters. The number of nitrogens with zero attached hydrogens (tertiary/aromatic N) is 2. The van der Waals surface area contributed by atoms with Crippen LogP contribution in [0.15, 0.2) is 69.4 Å². The minimum Gasteiger partial charge on any atom is -0.496 e. The molecule has 0 spiro atoms. The van der Waals surface area contributed by atoms with Crippen LogP contribution in [0.4, 0.5) is 5.69 Å². The molecule has 38 heavy (non-hydrogen) atoms. The van der Waals surface area contributed by atoms with Gasteiger partial charge in [0.05, 0.1) is 29.7 Å². The minimum atomic E-state index is -3.80. The molecule has 2 aliphatic rings. The summed E-state index contributed by atoms with van der Waals surface area (Å²) in [7, 11) is -0.559. The van der Waals surface area contributed by atoms with E-state index >= 15 is 0 Å². The first-order valence-electron chi connectivity index (χ1n) is 12.4. The molecule has 1 heterocycles. The molecule has 2 N–H and O–H groups in total. The fraction of sp³-hybridized carbons (Fsp3) is 0.286. The van der Waals surface area contributed by atoms with Gasteiger partial charge in [0.2, 0.25) is 10.0 Å². The highest BCUT2D eigenvalue weighted by Gasteiger charge is 2.38. The molecule has 0 radical (unpaired) electrons. The van der Waals surface area contributed by atoms with Crippen molar-refractivity contribution in [2.24, 2.45) is 10.1 Å². The molecular formula is C28H29N3O5S2. The Morgan fingerprint density at radius 2 is 1.71 bits per heavy atom. The van der Waals surface area contributed by atoms with Gasteiger partial charge in [-0.05, 0) is 78.5 Å². The third-order valence-electron chi connectivity index (χ3n) is 6.86. The maximum absolute atomic E-state index is 13.8. The second-order valence-electron chi connectivity index (χ2n) is 9.29. The van der Waals surface area contributed by atoms with Crippen molar-refractivity contribution in [2.45, 2.75) is 43.0 Å². The summed E-state index contributed by atoms with van der Waals surface area (Å²) in [6, 6.07) is 15.8. The van der Waals surface area contributed by atoms with Crippen molar-refractivity contribution in [1.82, 2.24) is 4.90 Å². The van der Waals surface area contributed by atoms with Gasteiger partial charge in [0.1, 0.15) is 11.5 Å². The zero-order valence-corrected chi connectivity index (χ0v) is 22.8. The number of rotatable bonds is 6. The van der Waals surface area contributed by atoms with Crippen LogP contribution in [-0.4, -0.2) is 44.7 Å². The summed E-state index contributed by atoms with van der Waals surface area (Å²) >= 11 is 1.31. The number of methoxy groups -OCH3 is 2. The predicted octanol–water partition coefficient (Wildman–Crippen LogP) is 5.44. The van der Waals surface area contributed by atoms with E-state index in [4.69, 9.17) is 19.6 Å². The highest BCUT2D eigenvalue weighted by molar-refractivity contribution is 8.18. The molecule has 1 amide bonds. The van der Waals surface area contributed by atoms with Gasteiger partial charge in [0.25, 0.3) is 5.91 Å². The number of carbonyl (C=O) groups is 1. The molecule has 3 aromatic rings. The molecule has 1 saturated heterocycles. The normalized spacial score (nSPS) is 19.0. The van der Waals surface area contributed by atoms with E-state index in [0.717, 1.165) is 54.2 Å². The van der Waals surface area contributed by atoms with Crippen LogP contribution in [0.25, 0.3) is 16.8 Å². The Morgan fingerprint density at radius 3 is 2.37 bits per heavy atom. The fourth-order valence-corrected chi connectivity index (χ4v) is 6.51. The van der Waals surface area contributed by atoms with Crippen molar-refractivity contribution < 1.29 is 22.7 Å². The summed E-state index contributed by atoms with van der Waals surface area (Å²) in [5.41, 5.74) is 1.31. The molecule has 10 heteroatoms. The maximum atomic E-state index is 13.8. The zero-order valence-electron chi connectivity index (χ0n) is 21.2. The third kappa shape index (κ3) is 5.29. The van der Waals surface area contributed by atoms with Crippen LogP contribution >= 0.6 is 11.8 Å². The summed E-state index contributed by atoms with van der Waals surface area (Å²) in [5, 5.41) is 7.70. The standard InChI is InChI=1S/C28H29N3O5S2/c1-35-24-10-6-7-18-16-25(36-2)19(15-23(18)24)17-26-27(32)31(21-8-4-3-5-9-21)28(37-26)30-20-11-13-22(14-12-20)38(29,33)34/h6-7,10-17,21H,3-5,8-9H2,1-2H3,(H2,29,33,34)/b26-17?,30-28-. The summed E-state index contributed by atoms with van der Waals surface area (Å²) < 4.78 is 34.5. The molecule has 0 aromatic heterocycles. The van der Waals surface area contributed by atoms with Crippen LogP contribution in [0.3, 0.4) is 0 Å². The van der Waals surface area contributed by atoms with Crippen molar-refractivity contribution in [3.63, 3.8) is 0 Å². The Kier molecular flexibility index (Phi) is 7.47. The van der Waals surface area contributed by atoms with Crippen LogP contribution < -0.4 is 14.6 Å². The van der Waals surface area contributed by atoms with Crippen molar-refractivity contribution in [2.75, 3.05) is 14.2 Å². The molecule has 0 bridgehead atoms. The van der Waals surface area contributed by atoms with Crippen LogP contribution in [0.1, 0.15) is 37.7 Å². The average molecular weight is 552 g/mol. The minimum absolute atomic E-state index is 0.0140. The monoisotopic (exact) mass is 551 g/mol. The Balaban J connectivity index is 1.56. The summed E-state index contributed by atoms with van der Waals surface area (Å²) in [6.45, 7) is 0. The fourth-order valence-electron chi connectivity index (χ4n) is 4.95. The number of benzene rings is 3. The maximum Gasteiger partial charge on any atom is 0.267 e. The third-order valence-corrected chi connectivity index (χ3v) is 8.78. The van der Waals surface area contributed by atoms with Crippen LogP contribution in [0.5, 0.6) is 11.5 Å². The lowest BCUT2D eigenvalue weighted by atomic mass is 9.94. The van der Waals surface area contributed by atoms with Crippen LogP contribution in [-0.2, 0) is 14.8 Å². The number of ether oxygens (including phenoxy) is 2. The van der Waals surface area contributed by atoms with Gasteiger partial charge in [-0.3, -0.25) is 9.69 Å². The first-order valence-corrected chi connectivity index (χ1v) is 14.7. The smallest absolute Gasteiger partial charge is 0.267 e. The van der Waals surface area contributed by atoms with E-state index in [-0.39, 0.29) is 16.8 Å². The second kappa shape index (κ2) is 10.8. The van der Waals surface area contributed by atoms with E-state index in [1.54, 1.807) is 31.3 Å². The number of hydrogen-bond donors (Lipinski definition) is 1. The average Bonchev–Trinajstić information content (AvgIpc) is 3.22. The molecule has 1 aliphatic heterocycles. The number of aliphatic imine (C=N–C) groups is 1. The lowest BCUT2D eigenvalue weighted by Crippen LogP contribution is -2.40. The van der Waals surface area contributed by atoms with Gasteiger partial charge in [-0.2, -0.15) is 0 Å². The largest absolute Gasteiger partial charge is 0.496 e. The van der Waals surface area contributed by atoms with Crippen molar-refractivity contribution in [1.29, 1.82) is 0 Å². The molecule has 1 saturated carbocycles. The second-order valence-corrected chi connectivity index (χ2v) is 11.9. The SMILES string of the molecule is COc1cc2cccc(OC)c2cc1C=C1S/C(=N\c2ccc(S(N)(=O)=O)cc2)N(C2CCCCC2)C1=O. The van der Waals surface area contributed by atoms with Gasteiger partial charge in [-0.1, -0.05) is 31.4 Å². The first-order chi connectivity index (χ1) is 18.3. The Bertz CT molecular complexity index is 1540. The number of thioether (sulfide) groups is 1. The highest BCUT2D eigenvalue weighted by atomic mass is 32.2. The van der Waals surface area contributed by atoms with Gasteiger partial charge in [0.15, 0.2) is 5.17 Å². The molecule has 1 aliphatic carbocycles. The van der Waals surface area contributed by atoms with Gasteiger partial charge in [-0.25, -0.2) is 18.5 Å². The number of nitrogens with two attached hydrogens (primary N) is 1. The topological polar surface area (TPSA) is 111 Å². The van der Waals surface area contributed by atoms with Gasteiger partial charge < -0.3 is 9.47 Å². The number of hydrogen-bond acceptors (Lipinski definition) is 7. The van der Waals surface area contributed by atoms with E-state index in [9.17, 15) is 13.2 Å².